The molecular formula is C14H14N4O4S. The molecule has 2 aromatic rings. The van der Waals surface area contributed by atoms with E-state index in [2.05, 4.69) is 22.1 Å². The van der Waals surface area contributed by atoms with Gasteiger partial charge >= 0.3 is 0 Å². The number of hydrogen-bond acceptors (Lipinski definition) is 7. The number of nitro groups is 1. The minimum absolute atomic E-state index is 0.0629. The fourth-order valence-corrected chi connectivity index (χ4v) is 2.36. The first-order valence-electron chi connectivity index (χ1n) is 6.65. The molecule has 0 saturated carbocycles. The molecule has 23 heavy (non-hydrogen) atoms. The average molecular weight is 334 g/mol. The summed E-state index contributed by atoms with van der Waals surface area (Å²) in [4.78, 5) is 22.0. The standard InChI is InChI=1S/C14H14N4O4S/c1-3-7-15-12(19)9(2)23-14-17-16-13(22-14)10-5-4-6-11(8-10)18(20)21/h3-6,8-9H,1,7H2,2H3,(H,15,19)/t9-/m1/s1. The first-order chi connectivity index (χ1) is 11.0. The van der Waals surface area contributed by atoms with E-state index in [0.29, 0.717) is 12.1 Å². The van der Waals surface area contributed by atoms with Gasteiger partial charge < -0.3 is 9.73 Å². The second-order valence-electron chi connectivity index (χ2n) is 4.47. The first-order valence-corrected chi connectivity index (χ1v) is 7.53. The maximum atomic E-state index is 11.8. The Morgan fingerprint density at radius 1 is 1.57 bits per heavy atom. The highest BCUT2D eigenvalue weighted by atomic mass is 32.2. The number of amides is 1. The van der Waals surface area contributed by atoms with Gasteiger partial charge in [0.05, 0.1) is 10.2 Å². The molecule has 1 N–H and O–H groups in total. The van der Waals surface area contributed by atoms with Crippen LogP contribution in [-0.4, -0.2) is 32.8 Å². The number of carbonyl (C=O) groups excluding carboxylic acids is 1. The fraction of sp³-hybridized carbons (Fsp3) is 0.214. The molecule has 0 aliphatic carbocycles. The van der Waals surface area contributed by atoms with Crippen LogP contribution in [-0.2, 0) is 4.79 Å². The van der Waals surface area contributed by atoms with Crippen LogP contribution in [0.1, 0.15) is 6.92 Å². The van der Waals surface area contributed by atoms with E-state index in [1.54, 1.807) is 19.1 Å². The smallest absolute Gasteiger partial charge is 0.277 e. The van der Waals surface area contributed by atoms with Gasteiger partial charge in [0.25, 0.3) is 10.9 Å². The maximum Gasteiger partial charge on any atom is 0.277 e. The number of rotatable bonds is 7. The Morgan fingerprint density at radius 3 is 3.04 bits per heavy atom. The monoisotopic (exact) mass is 334 g/mol. The molecule has 1 aromatic carbocycles. The van der Waals surface area contributed by atoms with Crippen LogP contribution in [0.25, 0.3) is 11.5 Å². The lowest BCUT2D eigenvalue weighted by atomic mass is 10.2. The van der Waals surface area contributed by atoms with Gasteiger partial charge in [0.1, 0.15) is 0 Å². The average Bonchev–Trinajstić information content (AvgIpc) is 3.01. The van der Waals surface area contributed by atoms with Crippen molar-refractivity contribution in [3.8, 4) is 11.5 Å². The van der Waals surface area contributed by atoms with Crippen molar-refractivity contribution in [2.75, 3.05) is 6.54 Å². The SMILES string of the molecule is C=CCNC(=O)[C@@H](C)Sc1nnc(-c2cccc([N+](=O)[O-])c2)o1. The predicted octanol–water partition coefficient (Wildman–Crippen LogP) is 2.43. The van der Waals surface area contributed by atoms with Gasteiger partial charge in [-0.25, -0.2) is 0 Å². The molecule has 9 heteroatoms. The molecule has 120 valence electrons. The molecule has 0 unspecified atom stereocenters. The maximum absolute atomic E-state index is 11.8. The lowest BCUT2D eigenvalue weighted by molar-refractivity contribution is -0.384. The number of nitrogens with one attached hydrogen (secondary N) is 1. The minimum Gasteiger partial charge on any atom is -0.411 e. The van der Waals surface area contributed by atoms with E-state index in [1.807, 2.05) is 0 Å². The molecule has 1 heterocycles. The van der Waals surface area contributed by atoms with Gasteiger partial charge in [0.2, 0.25) is 11.8 Å². The predicted molar refractivity (Wildman–Crippen MR) is 84.9 cm³/mol. The van der Waals surface area contributed by atoms with Crippen molar-refractivity contribution in [1.29, 1.82) is 0 Å². The highest BCUT2D eigenvalue weighted by Gasteiger charge is 2.18. The van der Waals surface area contributed by atoms with Crippen LogP contribution in [0.2, 0.25) is 0 Å². The normalized spacial score (nSPS) is 11.7. The van der Waals surface area contributed by atoms with E-state index in [1.165, 1.54) is 18.2 Å². The van der Waals surface area contributed by atoms with Crippen molar-refractivity contribution in [2.45, 2.75) is 17.4 Å². The Balaban J connectivity index is 2.08. The molecule has 0 fully saturated rings. The summed E-state index contributed by atoms with van der Waals surface area (Å²) in [6, 6.07) is 5.90. The number of benzene rings is 1. The van der Waals surface area contributed by atoms with Crippen molar-refractivity contribution in [1.82, 2.24) is 15.5 Å². The van der Waals surface area contributed by atoms with Crippen LogP contribution in [0, 0.1) is 10.1 Å². The van der Waals surface area contributed by atoms with Gasteiger partial charge in [-0.1, -0.05) is 23.9 Å². The van der Waals surface area contributed by atoms with Crippen molar-refractivity contribution < 1.29 is 14.1 Å². The molecule has 1 atom stereocenters. The molecule has 0 saturated heterocycles. The zero-order valence-electron chi connectivity index (χ0n) is 12.3. The molecule has 1 amide bonds. The Bertz CT molecular complexity index is 731. The lowest BCUT2D eigenvalue weighted by Crippen LogP contribution is -2.30. The van der Waals surface area contributed by atoms with Gasteiger partial charge in [-0.2, -0.15) is 0 Å². The molecule has 0 bridgehead atoms. The molecule has 8 nitrogen and oxygen atoms in total. The number of nitrogens with zero attached hydrogens (tertiary/aromatic N) is 3. The molecule has 0 aliphatic heterocycles. The van der Waals surface area contributed by atoms with Crippen LogP contribution < -0.4 is 5.32 Å². The van der Waals surface area contributed by atoms with E-state index < -0.39 is 10.2 Å². The second kappa shape index (κ2) is 7.54. The highest BCUT2D eigenvalue weighted by Crippen LogP contribution is 2.27. The summed E-state index contributed by atoms with van der Waals surface area (Å²) in [5.41, 5.74) is 0.384. The number of nitro benzene ring substituents is 1. The molecule has 0 aliphatic rings. The zero-order chi connectivity index (χ0) is 16.8. The molecular weight excluding hydrogens is 320 g/mol. The summed E-state index contributed by atoms with van der Waals surface area (Å²) < 4.78 is 5.45. The number of non-ortho nitro benzene ring substituents is 1. The van der Waals surface area contributed by atoms with Crippen LogP contribution in [0.15, 0.2) is 46.6 Å². The van der Waals surface area contributed by atoms with Gasteiger partial charge in [-0.05, 0) is 13.0 Å². The third-order valence-electron chi connectivity index (χ3n) is 2.78. The largest absolute Gasteiger partial charge is 0.411 e. The summed E-state index contributed by atoms with van der Waals surface area (Å²) in [7, 11) is 0. The van der Waals surface area contributed by atoms with Crippen LogP contribution in [0.4, 0.5) is 5.69 Å². The summed E-state index contributed by atoms with van der Waals surface area (Å²) >= 11 is 1.11. The number of thioether (sulfide) groups is 1. The Hall–Kier alpha value is -2.68. The molecule has 1 aromatic heterocycles. The summed E-state index contributed by atoms with van der Waals surface area (Å²) in [5.74, 6) is -0.0140. The third kappa shape index (κ3) is 4.39. The number of hydrogen-bond donors (Lipinski definition) is 1. The van der Waals surface area contributed by atoms with Crippen LogP contribution in [0.3, 0.4) is 0 Å². The van der Waals surface area contributed by atoms with E-state index in [4.69, 9.17) is 4.42 Å². The van der Waals surface area contributed by atoms with Crippen molar-refractivity contribution in [3.05, 3.63) is 47.0 Å². The summed E-state index contributed by atoms with van der Waals surface area (Å²) in [5, 5.41) is 20.9. The topological polar surface area (TPSA) is 111 Å². The van der Waals surface area contributed by atoms with E-state index >= 15 is 0 Å². The quantitative estimate of drug-likeness (QED) is 0.358. The minimum atomic E-state index is -0.498. The van der Waals surface area contributed by atoms with Gasteiger partial charge in [0, 0.05) is 24.2 Å². The van der Waals surface area contributed by atoms with Crippen molar-refractivity contribution >= 4 is 23.4 Å². The Kier molecular flexibility index (Phi) is 5.47. The van der Waals surface area contributed by atoms with E-state index in [-0.39, 0.29) is 22.7 Å². The molecule has 2 rings (SSSR count). The van der Waals surface area contributed by atoms with Gasteiger partial charge in [-0.3, -0.25) is 14.9 Å². The van der Waals surface area contributed by atoms with Crippen LogP contribution >= 0.6 is 11.8 Å². The van der Waals surface area contributed by atoms with E-state index in [9.17, 15) is 14.9 Å². The Labute approximate surface area is 136 Å². The number of aromatic nitrogens is 2. The Morgan fingerprint density at radius 2 is 2.35 bits per heavy atom. The number of carbonyl (C=O) groups is 1. The first kappa shape index (κ1) is 16.7. The lowest BCUT2D eigenvalue weighted by Gasteiger charge is -2.07. The zero-order valence-corrected chi connectivity index (χ0v) is 13.1. The summed E-state index contributed by atoms with van der Waals surface area (Å²) in [6.07, 6.45) is 1.59. The summed E-state index contributed by atoms with van der Waals surface area (Å²) in [6.45, 7) is 5.61. The fourth-order valence-electron chi connectivity index (χ4n) is 1.65. The van der Waals surface area contributed by atoms with Crippen molar-refractivity contribution in [2.24, 2.45) is 0 Å². The van der Waals surface area contributed by atoms with Gasteiger partial charge in [0.15, 0.2) is 0 Å². The van der Waals surface area contributed by atoms with Crippen molar-refractivity contribution in [3.63, 3.8) is 0 Å². The highest BCUT2D eigenvalue weighted by molar-refractivity contribution is 8.00. The van der Waals surface area contributed by atoms with Crippen LogP contribution in [0.5, 0.6) is 0 Å². The second-order valence-corrected chi connectivity index (χ2v) is 5.77. The van der Waals surface area contributed by atoms with E-state index in [0.717, 1.165) is 11.8 Å². The molecule has 0 spiro atoms. The third-order valence-corrected chi connectivity index (χ3v) is 3.71. The van der Waals surface area contributed by atoms with Gasteiger partial charge in [-0.15, -0.1) is 16.8 Å². The molecule has 0 radical (unpaired) electrons.